The maximum Gasteiger partial charge on any atom is 1.00 e. The number of nitrogens with one attached hydrogen (secondary N) is 1. The molecule has 0 fully saturated rings. The number of carbonyl (C=O) groups excluding carboxylic acids is 2. The van der Waals surface area contributed by atoms with E-state index in [9.17, 15) is 9.59 Å². The topological polar surface area (TPSA) is 72.2 Å². The zero-order valence-corrected chi connectivity index (χ0v) is 27.5. The molecule has 0 atom stereocenters. The van der Waals surface area contributed by atoms with Gasteiger partial charge in [-0.1, -0.05) is 121 Å². The van der Waals surface area contributed by atoms with Gasteiger partial charge in [0.05, 0.1) is 0 Å². The van der Waals surface area contributed by atoms with E-state index in [1.807, 2.05) is 19.2 Å². The monoisotopic (exact) mass is 514 g/mol. The number of nitrogens with two attached hydrogens (primary N) is 1. The quantitative estimate of drug-likeness (QED) is 0.206. The van der Waals surface area contributed by atoms with Crippen molar-refractivity contribution in [2.24, 2.45) is 5.73 Å². The summed E-state index contributed by atoms with van der Waals surface area (Å²) < 4.78 is -0.665. The number of primary amides is 1. The number of hydrogen-bond acceptors (Lipinski definition) is 2. The average molecular weight is 516 g/mol. The van der Waals surface area contributed by atoms with E-state index in [1.54, 1.807) is 0 Å². The first kappa shape index (κ1) is 38.0. The molecule has 28 heavy (non-hydrogen) atoms. The van der Waals surface area contributed by atoms with Gasteiger partial charge < -0.3 is 8.59 Å². The molecule has 0 aromatic rings. The van der Waals surface area contributed by atoms with Gasteiger partial charge in [0.25, 0.3) is 0 Å². The van der Waals surface area contributed by atoms with Crippen LogP contribution < -0.4 is 114 Å². The number of unbranched alkanes of at least 4 members (excludes halogenated alkanes) is 11. The summed E-state index contributed by atoms with van der Waals surface area (Å²) in [4.78, 5) is 21.6. The van der Waals surface area contributed by atoms with E-state index in [0.717, 1.165) is 0 Å². The second-order valence-corrected chi connectivity index (χ2v) is 8.54. The third-order valence-corrected chi connectivity index (χ3v) is 6.20. The van der Waals surface area contributed by atoms with Gasteiger partial charge in [-0.25, -0.2) is 4.79 Å². The van der Waals surface area contributed by atoms with Gasteiger partial charge in [-0.05, 0) is 12.8 Å². The molecule has 0 heterocycles. The molecular weight excluding hydrogens is 470 g/mol. The SMILES string of the molecule is CCC(Br)(CC)C(=O)NC(N)=O.CCCCCCCCCCCCCC.[H-].[H-].[K+].[K+]. The number of rotatable bonds is 14. The van der Waals surface area contributed by atoms with Crippen LogP contribution in [0.4, 0.5) is 4.79 Å². The van der Waals surface area contributed by atoms with E-state index < -0.39 is 10.4 Å². The zero-order valence-electron chi connectivity index (χ0n) is 21.7. The fourth-order valence-corrected chi connectivity index (χ4v) is 2.81. The first-order valence-corrected chi connectivity index (χ1v) is 11.5. The predicted octanol–water partition coefficient (Wildman–Crippen LogP) is 1.08. The molecule has 0 saturated heterocycles. The molecule has 0 spiro atoms. The largest absolute Gasteiger partial charge is 1.00 e. The minimum absolute atomic E-state index is 0. The van der Waals surface area contributed by atoms with E-state index >= 15 is 0 Å². The van der Waals surface area contributed by atoms with Crippen molar-refractivity contribution < 1.29 is 115 Å². The first-order chi connectivity index (χ1) is 12.4. The van der Waals surface area contributed by atoms with Crippen molar-refractivity contribution in [3.05, 3.63) is 0 Å². The molecule has 0 aliphatic rings. The van der Waals surface area contributed by atoms with E-state index in [2.05, 4.69) is 29.8 Å². The minimum Gasteiger partial charge on any atom is -1.00 e. The van der Waals surface area contributed by atoms with Crippen molar-refractivity contribution in [3.63, 3.8) is 0 Å². The molecule has 3 N–H and O–H groups in total. The molecular formula is C21H45BrK2N2O2. The van der Waals surface area contributed by atoms with Gasteiger partial charge in [0, 0.05) is 0 Å². The Morgan fingerprint density at radius 1 is 0.750 bits per heavy atom. The van der Waals surface area contributed by atoms with Crippen LogP contribution in [0.1, 0.15) is 120 Å². The Bertz CT molecular complexity index is 354. The average Bonchev–Trinajstić information content (AvgIpc) is 2.62. The van der Waals surface area contributed by atoms with Gasteiger partial charge in [-0.2, -0.15) is 0 Å². The van der Waals surface area contributed by atoms with E-state index in [4.69, 9.17) is 5.73 Å². The van der Waals surface area contributed by atoms with E-state index in [0.29, 0.717) is 12.8 Å². The summed E-state index contributed by atoms with van der Waals surface area (Å²) in [6, 6.07) is -0.814. The Hall–Kier alpha value is 2.69. The summed E-state index contributed by atoms with van der Waals surface area (Å²) in [5.74, 6) is -0.375. The van der Waals surface area contributed by atoms with Crippen LogP contribution in [0.3, 0.4) is 0 Å². The number of imide groups is 1. The van der Waals surface area contributed by atoms with Crippen LogP contribution in [0.25, 0.3) is 0 Å². The molecule has 3 amide bonds. The predicted molar refractivity (Wildman–Crippen MR) is 119 cm³/mol. The van der Waals surface area contributed by atoms with Crippen molar-refractivity contribution in [2.75, 3.05) is 0 Å². The molecule has 0 unspecified atom stereocenters. The molecule has 7 heteroatoms. The Labute approximate surface area is 271 Å². The molecule has 0 aliphatic heterocycles. The van der Waals surface area contributed by atoms with Gasteiger partial charge in [-0.15, -0.1) is 0 Å². The Balaban J connectivity index is -0.0000000854. The molecule has 0 aromatic carbocycles. The number of hydrogen-bond donors (Lipinski definition) is 2. The molecule has 0 aromatic heterocycles. The normalized spacial score (nSPS) is 10.0. The summed E-state index contributed by atoms with van der Waals surface area (Å²) in [5, 5.41) is 2.04. The van der Waals surface area contributed by atoms with E-state index in [1.165, 1.54) is 77.0 Å². The molecule has 0 radical (unpaired) electrons. The van der Waals surface area contributed by atoms with Crippen LogP contribution in [0.5, 0.6) is 0 Å². The van der Waals surface area contributed by atoms with Crippen LogP contribution in [0, 0.1) is 0 Å². The fraction of sp³-hybridized carbons (Fsp3) is 0.905. The van der Waals surface area contributed by atoms with Crippen LogP contribution in [-0.2, 0) is 4.79 Å². The number of halogens is 1. The number of carbonyl (C=O) groups is 2. The van der Waals surface area contributed by atoms with Crippen molar-refractivity contribution in [2.45, 2.75) is 122 Å². The summed E-state index contributed by atoms with van der Waals surface area (Å²) in [5.41, 5.74) is 4.81. The smallest absolute Gasteiger partial charge is 1.00 e. The van der Waals surface area contributed by atoms with Gasteiger partial charge in [0.15, 0.2) is 0 Å². The number of alkyl halides is 1. The fourth-order valence-electron chi connectivity index (χ4n) is 2.71. The molecule has 0 saturated carbocycles. The minimum atomic E-state index is -0.814. The Morgan fingerprint density at radius 3 is 1.25 bits per heavy atom. The third kappa shape index (κ3) is 25.0. The maximum atomic E-state index is 11.3. The molecule has 160 valence electrons. The summed E-state index contributed by atoms with van der Waals surface area (Å²) >= 11 is 3.26. The van der Waals surface area contributed by atoms with Crippen molar-refractivity contribution in [1.82, 2.24) is 5.32 Å². The van der Waals surface area contributed by atoms with Crippen molar-refractivity contribution in [1.29, 1.82) is 0 Å². The van der Waals surface area contributed by atoms with E-state index in [-0.39, 0.29) is 112 Å². The molecule has 4 nitrogen and oxygen atoms in total. The molecule has 0 aliphatic carbocycles. The van der Waals surface area contributed by atoms with Crippen molar-refractivity contribution >= 4 is 27.9 Å². The maximum absolute atomic E-state index is 11.3. The Morgan fingerprint density at radius 2 is 1.04 bits per heavy atom. The second kappa shape index (κ2) is 27.7. The standard InChI is InChI=1S/C14H30.C7H13BrN2O2.2K.2H/c1-3-5-7-9-11-13-14-12-10-8-6-4-2;1-3-7(8,4-2)5(11)10-6(9)12;;;;/h3-14H2,1-2H3;3-4H2,1-2H3,(H3,9,10,11,12);;;;/q;;2*+1;2*-1. The zero-order chi connectivity index (χ0) is 20.3. The van der Waals surface area contributed by atoms with Gasteiger partial charge >= 0.3 is 109 Å². The van der Waals surface area contributed by atoms with Crippen LogP contribution in [0.15, 0.2) is 0 Å². The van der Waals surface area contributed by atoms with Crippen LogP contribution in [0.2, 0.25) is 0 Å². The third-order valence-electron chi connectivity index (χ3n) is 4.72. The van der Waals surface area contributed by atoms with Gasteiger partial charge in [-0.3, -0.25) is 10.1 Å². The van der Waals surface area contributed by atoms with Gasteiger partial charge in [0.1, 0.15) is 4.32 Å². The van der Waals surface area contributed by atoms with Gasteiger partial charge in [0.2, 0.25) is 5.91 Å². The van der Waals surface area contributed by atoms with Crippen LogP contribution >= 0.6 is 15.9 Å². The number of amides is 3. The summed E-state index contributed by atoms with van der Waals surface area (Å²) in [6.45, 7) is 8.29. The molecule has 0 bridgehead atoms. The number of urea groups is 1. The summed E-state index contributed by atoms with van der Waals surface area (Å²) in [7, 11) is 0. The molecule has 0 rings (SSSR count). The summed E-state index contributed by atoms with van der Waals surface area (Å²) in [6.07, 6.45) is 18.7. The first-order valence-electron chi connectivity index (χ1n) is 10.7. The van der Waals surface area contributed by atoms with Crippen LogP contribution in [-0.4, -0.2) is 16.3 Å². The Kier molecular flexibility index (Phi) is 37.6. The van der Waals surface area contributed by atoms with Crippen molar-refractivity contribution in [3.8, 4) is 0 Å². The second-order valence-electron chi connectivity index (χ2n) is 7.03.